The first-order valence-electron chi connectivity index (χ1n) is 7.19. The van der Waals surface area contributed by atoms with E-state index in [1.807, 2.05) is 12.1 Å². The second-order valence-corrected chi connectivity index (χ2v) is 5.06. The van der Waals surface area contributed by atoms with Gasteiger partial charge in [0.15, 0.2) is 0 Å². The zero-order chi connectivity index (χ0) is 15.1. The summed E-state index contributed by atoms with van der Waals surface area (Å²) in [7, 11) is 1.43. The third kappa shape index (κ3) is 4.20. The van der Waals surface area contributed by atoms with Crippen molar-refractivity contribution >= 4 is 5.97 Å². The fraction of sp³-hybridized carbons (Fsp3) is 0.500. The summed E-state index contributed by atoms with van der Waals surface area (Å²) >= 11 is 0. The second-order valence-electron chi connectivity index (χ2n) is 5.06. The molecule has 1 heterocycles. The van der Waals surface area contributed by atoms with Gasteiger partial charge < -0.3 is 9.47 Å². The van der Waals surface area contributed by atoms with Crippen LogP contribution in [0.4, 0.5) is 0 Å². The molecule has 5 heteroatoms. The van der Waals surface area contributed by atoms with Crippen LogP contribution in [0.15, 0.2) is 24.3 Å². The number of ether oxygens (including phenoxy) is 2. The van der Waals surface area contributed by atoms with Crippen molar-refractivity contribution < 1.29 is 14.3 Å². The molecule has 1 aromatic carbocycles. The Hall–Kier alpha value is -2.06. The summed E-state index contributed by atoms with van der Waals surface area (Å²) in [6, 6.07) is 9.11. The Kier molecular flexibility index (Phi) is 5.59. The largest absolute Gasteiger partial charge is 0.494 e. The molecule has 0 spiro atoms. The molecule has 1 fully saturated rings. The van der Waals surface area contributed by atoms with E-state index < -0.39 is 0 Å². The molecular weight excluding hydrogens is 268 g/mol. The molecule has 0 aromatic heterocycles. The van der Waals surface area contributed by atoms with E-state index in [1.165, 1.54) is 7.11 Å². The Labute approximate surface area is 125 Å². The lowest BCUT2D eigenvalue weighted by Gasteiger charge is -2.22. The van der Waals surface area contributed by atoms with Crippen molar-refractivity contribution in [2.45, 2.75) is 25.3 Å². The first kappa shape index (κ1) is 15.3. The zero-order valence-corrected chi connectivity index (χ0v) is 12.2. The van der Waals surface area contributed by atoms with Gasteiger partial charge in [-0.2, -0.15) is 5.26 Å². The van der Waals surface area contributed by atoms with Crippen LogP contribution < -0.4 is 4.74 Å². The highest BCUT2D eigenvalue weighted by Gasteiger charge is 2.30. The summed E-state index contributed by atoms with van der Waals surface area (Å²) in [5.41, 5.74) is 0.595. The van der Waals surface area contributed by atoms with Crippen molar-refractivity contribution in [3.8, 4) is 11.8 Å². The SMILES string of the molecule is COC(=O)[C@H]1CCCN1CCCOc1cccc(C#N)c1. The third-order valence-corrected chi connectivity index (χ3v) is 3.66. The number of carbonyl (C=O) groups is 1. The summed E-state index contributed by atoms with van der Waals surface area (Å²) in [6.45, 7) is 2.32. The van der Waals surface area contributed by atoms with Gasteiger partial charge in [-0.1, -0.05) is 6.07 Å². The van der Waals surface area contributed by atoms with Gasteiger partial charge in [0.25, 0.3) is 0 Å². The highest BCUT2D eigenvalue weighted by atomic mass is 16.5. The highest BCUT2D eigenvalue weighted by Crippen LogP contribution is 2.19. The Morgan fingerprint density at radius 3 is 3.14 bits per heavy atom. The molecule has 0 saturated carbocycles. The predicted octanol–water partition coefficient (Wildman–Crippen LogP) is 1.96. The van der Waals surface area contributed by atoms with E-state index in [2.05, 4.69) is 11.0 Å². The summed E-state index contributed by atoms with van der Waals surface area (Å²) in [5, 5.41) is 8.83. The van der Waals surface area contributed by atoms with E-state index in [4.69, 9.17) is 14.7 Å². The van der Waals surface area contributed by atoms with Gasteiger partial charge in [-0.15, -0.1) is 0 Å². The fourth-order valence-electron chi connectivity index (χ4n) is 2.61. The number of carbonyl (C=O) groups excluding carboxylic acids is 1. The molecule has 0 aliphatic carbocycles. The van der Waals surface area contributed by atoms with Gasteiger partial charge in [0.2, 0.25) is 0 Å². The van der Waals surface area contributed by atoms with Crippen LogP contribution in [0, 0.1) is 11.3 Å². The fourth-order valence-corrected chi connectivity index (χ4v) is 2.61. The zero-order valence-electron chi connectivity index (χ0n) is 12.2. The number of hydrogen-bond acceptors (Lipinski definition) is 5. The lowest BCUT2D eigenvalue weighted by atomic mass is 10.2. The third-order valence-electron chi connectivity index (χ3n) is 3.66. The number of rotatable bonds is 6. The molecule has 0 radical (unpaired) electrons. The van der Waals surface area contributed by atoms with Crippen molar-refractivity contribution in [1.82, 2.24) is 4.90 Å². The van der Waals surface area contributed by atoms with E-state index in [0.29, 0.717) is 17.9 Å². The maximum atomic E-state index is 11.6. The molecule has 1 atom stereocenters. The molecule has 2 rings (SSSR count). The number of esters is 1. The minimum absolute atomic E-state index is 0.100. The van der Waals surface area contributed by atoms with Crippen LogP contribution in [0.2, 0.25) is 0 Å². The number of nitrogens with zero attached hydrogens (tertiary/aromatic N) is 2. The van der Waals surface area contributed by atoms with E-state index in [1.54, 1.807) is 12.1 Å². The van der Waals surface area contributed by atoms with Crippen LogP contribution in [-0.4, -0.2) is 43.7 Å². The van der Waals surface area contributed by atoms with Crippen molar-refractivity contribution in [3.63, 3.8) is 0 Å². The number of likely N-dealkylation sites (tertiary alicyclic amines) is 1. The Morgan fingerprint density at radius 1 is 1.52 bits per heavy atom. The summed E-state index contributed by atoms with van der Waals surface area (Å²) in [4.78, 5) is 13.8. The molecule has 21 heavy (non-hydrogen) atoms. The van der Waals surface area contributed by atoms with Crippen molar-refractivity contribution in [3.05, 3.63) is 29.8 Å². The van der Waals surface area contributed by atoms with Crippen molar-refractivity contribution in [2.75, 3.05) is 26.8 Å². The molecule has 0 unspecified atom stereocenters. The topological polar surface area (TPSA) is 62.6 Å². The van der Waals surface area contributed by atoms with Gasteiger partial charge in [-0.05, 0) is 44.0 Å². The molecule has 0 N–H and O–H groups in total. The van der Waals surface area contributed by atoms with E-state index in [0.717, 1.165) is 32.4 Å². The lowest BCUT2D eigenvalue weighted by molar-refractivity contribution is -0.145. The van der Waals surface area contributed by atoms with E-state index in [-0.39, 0.29) is 12.0 Å². The first-order valence-corrected chi connectivity index (χ1v) is 7.19. The Morgan fingerprint density at radius 2 is 2.38 bits per heavy atom. The van der Waals surface area contributed by atoms with Crippen LogP contribution in [0.3, 0.4) is 0 Å². The van der Waals surface area contributed by atoms with Crippen LogP contribution in [-0.2, 0) is 9.53 Å². The van der Waals surface area contributed by atoms with Crippen LogP contribution >= 0.6 is 0 Å². The van der Waals surface area contributed by atoms with Crippen molar-refractivity contribution in [1.29, 1.82) is 5.26 Å². The number of methoxy groups -OCH3 is 1. The van der Waals surface area contributed by atoms with Gasteiger partial charge in [-0.25, -0.2) is 0 Å². The van der Waals surface area contributed by atoms with Gasteiger partial charge >= 0.3 is 5.97 Å². The Balaban J connectivity index is 1.74. The molecule has 0 amide bonds. The number of benzene rings is 1. The molecule has 5 nitrogen and oxygen atoms in total. The molecule has 1 aromatic rings. The van der Waals surface area contributed by atoms with Gasteiger partial charge in [0.1, 0.15) is 11.8 Å². The van der Waals surface area contributed by atoms with Gasteiger partial charge in [-0.3, -0.25) is 9.69 Å². The molecule has 1 aliphatic heterocycles. The average Bonchev–Trinajstić information content (AvgIpc) is 2.99. The second kappa shape index (κ2) is 7.65. The quantitative estimate of drug-likeness (QED) is 0.591. The maximum absolute atomic E-state index is 11.6. The summed E-state index contributed by atoms with van der Waals surface area (Å²) < 4.78 is 10.5. The average molecular weight is 288 g/mol. The highest BCUT2D eigenvalue weighted by molar-refractivity contribution is 5.75. The molecule has 0 bridgehead atoms. The molecule has 1 aliphatic rings. The normalized spacial score (nSPS) is 18.2. The number of hydrogen-bond donors (Lipinski definition) is 0. The van der Waals surface area contributed by atoms with E-state index >= 15 is 0 Å². The van der Waals surface area contributed by atoms with Crippen LogP contribution in [0.25, 0.3) is 0 Å². The monoisotopic (exact) mass is 288 g/mol. The molecule has 112 valence electrons. The Bertz CT molecular complexity index is 524. The number of nitriles is 1. The minimum Gasteiger partial charge on any atom is -0.494 e. The van der Waals surface area contributed by atoms with Crippen molar-refractivity contribution in [2.24, 2.45) is 0 Å². The molecule has 1 saturated heterocycles. The lowest BCUT2D eigenvalue weighted by Crippen LogP contribution is -2.37. The first-order chi connectivity index (χ1) is 10.2. The van der Waals surface area contributed by atoms with Crippen LogP contribution in [0.1, 0.15) is 24.8 Å². The predicted molar refractivity (Wildman–Crippen MR) is 77.9 cm³/mol. The van der Waals surface area contributed by atoms with Gasteiger partial charge in [0, 0.05) is 6.54 Å². The molecular formula is C16H20N2O3. The summed E-state index contributed by atoms with van der Waals surface area (Å²) in [5.74, 6) is 0.565. The standard InChI is InChI=1S/C16H20N2O3/c1-20-16(19)15-7-3-8-18(15)9-4-10-21-14-6-2-5-13(11-14)12-17/h2,5-6,11,15H,3-4,7-10H2,1H3/t15-/m1/s1. The van der Waals surface area contributed by atoms with Gasteiger partial charge in [0.05, 0.1) is 25.3 Å². The van der Waals surface area contributed by atoms with Crippen LogP contribution in [0.5, 0.6) is 5.75 Å². The van der Waals surface area contributed by atoms with E-state index in [9.17, 15) is 4.79 Å². The maximum Gasteiger partial charge on any atom is 0.323 e. The summed E-state index contributed by atoms with van der Waals surface area (Å²) in [6.07, 6.45) is 2.74. The smallest absolute Gasteiger partial charge is 0.323 e. The minimum atomic E-state index is -0.143.